The van der Waals surface area contributed by atoms with Gasteiger partial charge >= 0.3 is 0 Å². The van der Waals surface area contributed by atoms with Gasteiger partial charge in [-0.25, -0.2) is 0 Å². The molecule has 0 aliphatic carbocycles. The normalized spacial score (nSPS) is 19.5. The van der Waals surface area contributed by atoms with Crippen molar-refractivity contribution < 1.29 is 23.8 Å². The summed E-state index contributed by atoms with van der Waals surface area (Å²) < 4.78 is 15.7. The molecule has 1 heterocycles. The highest BCUT2D eigenvalue weighted by atomic mass is 16.5. The number of amides is 2. The number of rotatable bonds is 9. The van der Waals surface area contributed by atoms with E-state index in [1.807, 2.05) is 19.1 Å². The van der Waals surface area contributed by atoms with Gasteiger partial charge in [0.2, 0.25) is 11.8 Å². The van der Waals surface area contributed by atoms with Gasteiger partial charge in [0.1, 0.15) is 0 Å². The lowest BCUT2D eigenvalue weighted by Crippen LogP contribution is -2.36. The number of nitrogens with zero attached hydrogens (tertiary/aromatic N) is 1. The summed E-state index contributed by atoms with van der Waals surface area (Å²) in [6.45, 7) is 3.59. The summed E-state index contributed by atoms with van der Waals surface area (Å²) >= 11 is 0. The molecule has 26 heavy (non-hydrogen) atoms. The fourth-order valence-corrected chi connectivity index (χ4v) is 3.41. The molecule has 2 atom stereocenters. The van der Waals surface area contributed by atoms with E-state index in [9.17, 15) is 9.59 Å². The first-order chi connectivity index (χ1) is 12.6. The molecule has 1 aliphatic rings. The summed E-state index contributed by atoms with van der Waals surface area (Å²) in [5.74, 6) is 0.654. The molecule has 0 bridgehead atoms. The van der Waals surface area contributed by atoms with E-state index in [4.69, 9.17) is 14.2 Å². The third kappa shape index (κ3) is 4.27. The molecule has 2 amide bonds. The van der Waals surface area contributed by atoms with Crippen molar-refractivity contribution in [1.82, 2.24) is 10.2 Å². The molecule has 7 nitrogen and oxygen atoms in total. The predicted molar refractivity (Wildman–Crippen MR) is 97.3 cm³/mol. The molecule has 0 radical (unpaired) electrons. The molecule has 0 unspecified atom stereocenters. The molecule has 1 aromatic rings. The lowest BCUT2D eigenvalue weighted by Gasteiger charge is -2.27. The van der Waals surface area contributed by atoms with Crippen molar-refractivity contribution in [2.75, 3.05) is 41.0 Å². The van der Waals surface area contributed by atoms with Gasteiger partial charge in [0, 0.05) is 33.2 Å². The average Bonchev–Trinajstić information content (AvgIpc) is 3.00. The molecule has 7 heteroatoms. The molecule has 2 rings (SSSR count). The second-order valence-electron chi connectivity index (χ2n) is 6.19. The van der Waals surface area contributed by atoms with Crippen LogP contribution in [0.25, 0.3) is 0 Å². The summed E-state index contributed by atoms with van der Waals surface area (Å²) in [4.78, 5) is 26.9. The lowest BCUT2D eigenvalue weighted by molar-refractivity contribution is -0.129. The van der Waals surface area contributed by atoms with E-state index in [0.717, 1.165) is 12.0 Å². The van der Waals surface area contributed by atoms with Crippen LogP contribution < -0.4 is 14.8 Å². The molecule has 0 saturated carbocycles. The topological polar surface area (TPSA) is 77.1 Å². The highest BCUT2D eigenvalue weighted by molar-refractivity contribution is 5.90. The Kier molecular flexibility index (Phi) is 7.26. The van der Waals surface area contributed by atoms with Gasteiger partial charge in [0.25, 0.3) is 0 Å². The Labute approximate surface area is 154 Å². The first-order valence-electron chi connectivity index (χ1n) is 8.85. The van der Waals surface area contributed by atoms with Crippen molar-refractivity contribution in [2.24, 2.45) is 5.92 Å². The molecule has 1 saturated heterocycles. The van der Waals surface area contributed by atoms with Crippen molar-refractivity contribution in [1.29, 1.82) is 0 Å². The van der Waals surface area contributed by atoms with E-state index < -0.39 is 5.92 Å². The van der Waals surface area contributed by atoms with E-state index in [0.29, 0.717) is 31.2 Å². The number of nitrogens with one attached hydrogen (secondary N) is 1. The molecule has 0 aromatic heterocycles. The monoisotopic (exact) mass is 364 g/mol. The van der Waals surface area contributed by atoms with Crippen molar-refractivity contribution in [2.45, 2.75) is 25.8 Å². The first-order valence-corrected chi connectivity index (χ1v) is 8.85. The van der Waals surface area contributed by atoms with Crippen LogP contribution in [0.3, 0.4) is 0 Å². The number of benzene rings is 1. The van der Waals surface area contributed by atoms with E-state index in [1.54, 1.807) is 32.3 Å². The quantitative estimate of drug-likeness (QED) is 0.676. The maximum absolute atomic E-state index is 12.7. The number of likely N-dealkylation sites (tertiary alicyclic amines) is 1. The Morgan fingerprint density at radius 1 is 1.23 bits per heavy atom. The number of methoxy groups -OCH3 is 3. The third-order valence-corrected chi connectivity index (χ3v) is 4.68. The standard InChI is InChI=1S/C19H28N2O5/c1-5-21-17(22)12-14(19(23)20-9-6-10-24-2)18(21)13-7-8-15(25-3)16(11-13)26-4/h7-8,11,14,18H,5-6,9-10,12H2,1-4H3,(H,20,23)/t14-,18+/m1/s1. The van der Waals surface area contributed by atoms with E-state index in [-0.39, 0.29) is 24.3 Å². The minimum atomic E-state index is -0.428. The van der Waals surface area contributed by atoms with Crippen LogP contribution in [0.5, 0.6) is 11.5 Å². The Balaban J connectivity index is 2.25. The van der Waals surface area contributed by atoms with Crippen molar-refractivity contribution in [3.63, 3.8) is 0 Å². The van der Waals surface area contributed by atoms with Crippen LogP contribution in [0.1, 0.15) is 31.4 Å². The second-order valence-corrected chi connectivity index (χ2v) is 6.19. The summed E-state index contributed by atoms with van der Waals surface area (Å²) in [6, 6.07) is 5.22. The highest BCUT2D eigenvalue weighted by Crippen LogP contribution is 2.41. The van der Waals surface area contributed by atoms with Crippen LogP contribution >= 0.6 is 0 Å². The number of hydrogen-bond donors (Lipinski definition) is 1. The maximum atomic E-state index is 12.7. The minimum absolute atomic E-state index is 0.00988. The summed E-state index contributed by atoms with van der Waals surface area (Å²) in [5.41, 5.74) is 0.868. The van der Waals surface area contributed by atoms with Crippen molar-refractivity contribution in [3.05, 3.63) is 23.8 Å². The van der Waals surface area contributed by atoms with Crippen molar-refractivity contribution >= 4 is 11.8 Å². The number of carbonyl (C=O) groups excluding carboxylic acids is 2. The number of ether oxygens (including phenoxy) is 3. The smallest absolute Gasteiger partial charge is 0.226 e. The van der Waals surface area contributed by atoms with Gasteiger partial charge in [-0.2, -0.15) is 0 Å². The SMILES string of the molecule is CCN1C(=O)C[C@@H](C(=O)NCCCOC)[C@@H]1c1ccc(OC)c(OC)c1. The van der Waals surface area contributed by atoms with Crippen LogP contribution in [0.4, 0.5) is 0 Å². The van der Waals surface area contributed by atoms with E-state index in [2.05, 4.69) is 5.32 Å². The molecule has 144 valence electrons. The Bertz CT molecular complexity index is 634. The fourth-order valence-electron chi connectivity index (χ4n) is 3.41. The largest absolute Gasteiger partial charge is 0.493 e. The number of carbonyl (C=O) groups is 2. The van der Waals surface area contributed by atoms with Crippen LogP contribution in [0.2, 0.25) is 0 Å². The zero-order valence-corrected chi connectivity index (χ0v) is 15.9. The summed E-state index contributed by atoms with van der Waals surface area (Å²) in [7, 11) is 4.77. The first kappa shape index (κ1) is 20.0. The molecule has 1 fully saturated rings. The van der Waals surface area contributed by atoms with Crippen LogP contribution in [-0.4, -0.2) is 57.7 Å². The van der Waals surface area contributed by atoms with Crippen molar-refractivity contribution in [3.8, 4) is 11.5 Å². The summed E-state index contributed by atoms with van der Waals surface area (Å²) in [6.07, 6.45) is 0.949. The third-order valence-electron chi connectivity index (χ3n) is 4.68. The molecule has 1 aliphatic heterocycles. The van der Waals surface area contributed by atoms with E-state index in [1.165, 1.54) is 0 Å². The maximum Gasteiger partial charge on any atom is 0.226 e. The molecular formula is C19H28N2O5. The van der Waals surface area contributed by atoms with Crippen LogP contribution in [0.15, 0.2) is 18.2 Å². The average molecular weight is 364 g/mol. The van der Waals surface area contributed by atoms with Crippen LogP contribution in [-0.2, 0) is 14.3 Å². The lowest BCUT2D eigenvalue weighted by atomic mass is 9.92. The molecule has 0 spiro atoms. The molecule has 1 N–H and O–H groups in total. The zero-order valence-electron chi connectivity index (χ0n) is 15.9. The van der Waals surface area contributed by atoms with Gasteiger partial charge in [0.15, 0.2) is 11.5 Å². The molecule has 1 aromatic carbocycles. The van der Waals surface area contributed by atoms with Gasteiger partial charge in [-0.05, 0) is 31.0 Å². The molecular weight excluding hydrogens is 336 g/mol. The highest BCUT2D eigenvalue weighted by Gasteiger charge is 2.43. The Morgan fingerprint density at radius 2 is 1.96 bits per heavy atom. The second kappa shape index (κ2) is 9.43. The van der Waals surface area contributed by atoms with E-state index >= 15 is 0 Å². The Morgan fingerprint density at radius 3 is 2.58 bits per heavy atom. The Hall–Kier alpha value is -2.28. The van der Waals surface area contributed by atoms with Crippen LogP contribution in [0, 0.1) is 5.92 Å². The fraction of sp³-hybridized carbons (Fsp3) is 0.579. The summed E-state index contributed by atoms with van der Waals surface area (Å²) in [5, 5.41) is 2.92. The van der Waals surface area contributed by atoms with Gasteiger partial charge < -0.3 is 24.4 Å². The van der Waals surface area contributed by atoms with Gasteiger partial charge in [0.05, 0.1) is 26.2 Å². The minimum Gasteiger partial charge on any atom is -0.493 e. The number of hydrogen-bond acceptors (Lipinski definition) is 5. The van der Waals surface area contributed by atoms with Gasteiger partial charge in [-0.3, -0.25) is 9.59 Å². The zero-order chi connectivity index (χ0) is 19.1. The predicted octanol–water partition coefficient (Wildman–Crippen LogP) is 1.77. The van der Waals surface area contributed by atoms with Gasteiger partial charge in [-0.15, -0.1) is 0 Å². The van der Waals surface area contributed by atoms with Gasteiger partial charge in [-0.1, -0.05) is 6.07 Å².